The van der Waals surface area contributed by atoms with Gasteiger partial charge in [0.25, 0.3) is 0 Å². The van der Waals surface area contributed by atoms with Gasteiger partial charge in [-0.25, -0.2) is 4.72 Å². The fourth-order valence-corrected chi connectivity index (χ4v) is 3.92. The van der Waals surface area contributed by atoms with Gasteiger partial charge in [-0.05, 0) is 36.4 Å². The van der Waals surface area contributed by atoms with Gasteiger partial charge in [0.1, 0.15) is 5.50 Å². The number of hydrogen-bond acceptors (Lipinski definition) is 8. The third kappa shape index (κ3) is 6.26. The lowest BCUT2D eigenvalue weighted by atomic mass is 10.1. The predicted molar refractivity (Wildman–Crippen MR) is 111 cm³/mol. The van der Waals surface area contributed by atoms with E-state index < -0.39 is 18.7 Å². The fourth-order valence-electron chi connectivity index (χ4n) is 3.04. The van der Waals surface area contributed by atoms with Crippen LogP contribution in [-0.2, 0) is 11.2 Å². The highest BCUT2D eigenvalue weighted by molar-refractivity contribution is 7.98. The summed E-state index contributed by atoms with van der Waals surface area (Å²) in [6.07, 6.45) is -1.53. The van der Waals surface area contributed by atoms with Crippen LogP contribution in [0.1, 0.15) is 24.2 Å². The molecule has 0 bridgehead atoms. The van der Waals surface area contributed by atoms with Gasteiger partial charge >= 0.3 is 0 Å². The predicted octanol–water partition coefficient (Wildman–Crippen LogP) is 1.23. The van der Waals surface area contributed by atoms with Gasteiger partial charge in [-0.15, -0.1) is 0 Å². The van der Waals surface area contributed by atoms with Crippen LogP contribution < -0.4 is 20.7 Å². The Morgan fingerprint density at radius 2 is 1.75 bits per heavy atom. The molecule has 0 radical (unpaired) electrons. The monoisotopic (exact) mass is 404 g/mol. The van der Waals surface area contributed by atoms with E-state index in [-0.39, 0.29) is 11.7 Å². The van der Waals surface area contributed by atoms with Crippen molar-refractivity contribution < 1.29 is 14.9 Å². The maximum Gasteiger partial charge on any atom is 0.170 e. The van der Waals surface area contributed by atoms with Gasteiger partial charge in [0, 0.05) is 6.61 Å². The largest absolute Gasteiger partial charge is 0.367 e. The lowest BCUT2D eigenvalue weighted by Crippen LogP contribution is -2.56. The van der Waals surface area contributed by atoms with Gasteiger partial charge in [-0.1, -0.05) is 60.7 Å². The second kappa shape index (κ2) is 10.9. The van der Waals surface area contributed by atoms with E-state index in [1.165, 1.54) is 11.9 Å². The van der Waals surface area contributed by atoms with Crippen LogP contribution in [0.25, 0.3) is 0 Å². The molecule has 0 saturated carbocycles. The molecule has 5 atom stereocenters. The molecule has 0 amide bonds. The molecule has 8 heteroatoms. The maximum absolute atomic E-state index is 10.5. The lowest BCUT2D eigenvalue weighted by Gasteiger charge is -2.28. The lowest BCUT2D eigenvalue weighted by molar-refractivity contribution is -0.125. The van der Waals surface area contributed by atoms with Crippen molar-refractivity contribution in [3.63, 3.8) is 0 Å². The molecule has 152 valence electrons. The minimum Gasteiger partial charge on any atom is -0.367 e. The average Bonchev–Trinajstić information content (AvgIpc) is 3.17. The van der Waals surface area contributed by atoms with Crippen LogP contribution >= 0.6 is 11.9 Å². The molecule has 0 aromatic heterocycles. The van der Waals surface area contributed by atoms with Crippen molar-refractivity contribution >= 4 is 11.9 Å². The molecule has 2 aromatic carbocycles. The van der Waals surface area contributed by atoms with Crippen LogP contribution in [0, 0.1) is 0 Å². The van der Waals surface area contributed by atoms with E-state index in [0.717, 1.165) is 11.1 Å². The number of ether oxygens (including phenoxy) is 1. The molecule has 1 aliphatic rings. The zero-order chi connectivity index (χ0) is 19.8. The van der Waals surface area contributed by atoms with Crippen LogP contribution in [0.15, 0.2) is 60.7 Å². The molecular weight excluding hydrogens is 376 g/mol. The van der Waals surface area contributed by atoms with Crippen LogP contribution in [0.3, 0.4) is 0 Å². The molecule has 0 spiro atoms. The third-order valence-corrected chi connectivity index (χ3v) is 5.30. The number of aliphatic hydroxyl groups excluding tert-OH is 2. The van der Waals surface area contributed by atoms with Crippen molar-refractivity contribution in [2.24, 2.45) is 0 Å². The second-order valence-electron chi connectivity index (χ2n) is 6.50. The Balaban J connectivity index is 1.53. The SMILES string of the molecule is CCOC(O)C(Cc1ccccc1)NC(O)NC1NC(c2ccccc2)NS1. The highest BCUT2D eigenvalue weighted by Gasteiger charge is 2.28. The van der Waals surface area contributed by atoms with E-state index in [4.69, 9.17) is 4.74 Å². The van der Waals surface area contributed by atoms with Crippen molar-refractivity contribution in [3.05, 3.63) is 71.8 Å². The van der Waals surface area contributed by atoms with Crippen LogP contribution in [-0.4, -0.2) is 41.0 Å². The van der Waals surface area contributed by atoms with Crippen molar-refractivity contribution in [1.82, 2.24) is 20.7 Å². The van der Waals surface area contributed by atoms with Crippen LogP contribution in [0.5, 0.6) is 0 Å². The average molecular weight is 405 g/mol. The van der Waals surface area contributed by atoms with E-state index in [0.29, 0.717) is 13.0 Å². The highest BCUT2D eigenvalue weighted by Crippen LogP contribution is 2.22. The van der Waals surface area contributed by atoms with Crippen LogP contribution in [0.2, 0.25) is 0 Å². The molecular formula is C20H28N4O3S. The Morgan fingerprint density at radius 1 is 1.07 bits per heavy atom. The van der Waals surface area contributed by atoms with Gasteiger partial charge in [0.05, 0.1) is 12.2 Å². The topological polar surface area (TPSA) is 97.8 Å². The Labute approximate surface area is 170 Å². The molecule has 1 saturated heterocycles. The molecule has 1 aliphatic heterocycles. The molecule has 3 rings (SSSR count). The Morgan fingerprint density at radius 3 is 2.43 bits per heavy atom. The normalized spacial score (nSPS) is 22.7. The highest BCUT2D eigenvalue weighted by atomic mass is 32.2. The van der Waals surface area contributed by atoms with Crippen molar-refractivity contribution in [2.75, 3.05) is 6.61 Å². The first-order valence-electron chi connectivity index (χ1n) is 9.41. The molecule has 28 heavy (non-hydrogen) atoms. The standard InChI is InChI=1S/C20H28N4O3S/c1-2-27-18(25)16(13-14-9-5-3-6-10-14)21-19(26)23-20-22-17(24-28-20)15-11-7-4-8-12-15/h3-12,16-26H,2,13H2,1H3. The number of rotatable bonds is 10. The summed E-state index contributed by atoms with van der Waals surface area (Å²) in [5, 5.41) is 30.2. The van der Waals surface area contributed by atoms with Gasteiger partial charge in [0.15, 0.2) is 12.6 Å². The van der Waals surface area contributed by atoms with Crippen LogP contribution in [0.4, 0.5) is 0 Å². The smallest absolute Gasteiger partial charge is 0.170 e. The maximum atomic E-state index is 10.5. The summed E-state index contributed by atoms with van der Waals surface area (Å²) in [6, 6.07) is 19.4. The van der Waals surface area contributed by atoms with E-state index in [9.17, 15) is 10.2 Å². The molecule has 1 heterocycles. The summed E-state index contributed by atoms with van der Waals surface area (Å²) >= 11 is 1.46. The number of aliphatic hydroxyl groups is 2. The van der Waals surface area contributed by atoms with Crippen molar-refractivity contribution in [2.45, 2.75) is 43.7 Å². The third-order valence-electron chi connectivity index (χ3n) is 4.42. The Hall–Kier alpha value is -1.49. The summed E-state index contributed by atoms with van der Waals surface area (Å²) in [6.45, 7) is 2.21. The first-order chi connectivity index (χ1) is 13.7. The van der Waals surface area contributed by atoms with Gasteiger partial charge in [0.2, 0.25) is 0 Å². The van der Waals surface area contributed by atoms with Crippen molar-refractivity contribution in [1.29, 1.82) is 0 Å². The number of benzene rings is 2. The molecule has 7 nitrogen and oxygen atoms in total. The minimum atomic E-state index is -1.03. The molecule has 5 unspecified atom stereocenters. The number of nitrogens with one attached hydrogen (secondary N) is 4. The summed E-state index contributed by atoms with van der Waals surface area (Å²) in [5.41, 5.74) is 1.97. The zero-order valence-corrected chi connectivity index (χ0v) is 16.6. The number of hydrogen-bond donors (Lipinski definition) is 6. The van der Waals surface area contributed by atoms with E-state index in [1.807, 2.05) is 67.6 Å². The molecule has 0 aliphatic carbocycles. The quantitative estimate of drug-likeness (QED) is 0.260. The minimum absolute atomic E-state index is 0.00923. The first-order valence-corrected chi connectivity index (χ1v) is 10.3. The van der Waals surface area contributed by atoms with Crippen molar-refractivity contribution in [3.8, 4) is 0 Å². The summed E-state index contributed by atoms with van der Waals surface area (Å²) in [4.78, 5) is 0. The Kier molecular flexibility index (Phi) is 8.26. The second-order valence-corrected chi connectivity index (χ2v) is 7.45. The van der Waals surface area contributed by atoms with Gasteiger partial charge < -0.3 is 14.9 Å². The Bertz CT molecular complexity index is 694. The fraction of sp³-hybridized carbons (Fsp3) is 0.400. The molecule has 2 aromatic rings. The molecule has 1 fully saturated rings. The van der Waals surface area contributed by atoms with E-state index >= 15 is 0 Å². The first kappa shape index (κ1) is 21.2. The van der Waals surface area contributed by atoms with E-state index in [1.54, 1.807) is 0 Å². The van der Waals surface area contributed by atoms with Gasteiger partial charge in [-0.3, -0.25) is 16.0 Å². The zero-order valence-electron chi connectivity index (χ0n) is 15.8. The molecule has 6 N–H and O–H groups in total. The summed E-state index contributed by atoms with van der Waals surface area (Å²) in [7, 11) is 0. The van der Waals surface area contributed by atoms with E-state index in [2.05, 4.69) is 20.7 Å². The summed E-state index contributed by atoms with van der Waals surface area (Å²) in [5.74, 6) is 0. The summed E-state index contributed by atoms with van der Waals surface area (Å²) < 4.78 is 8.64. The van der Waals surface area contributed by atoms with Gasteiger partial charge in [-0.2, -0.15) is 0 Å².